The van der Waals surface area contributed by atoms with E-state index in [9.17, 15) is 4.79 Å². The summed E-state index contributed by atoms with van der Waals surface area (Å²) in [5.41, 5.74) is 2.34. The number of likely N-dealkylation sites (N-methyl/N-ethyl adjacent to an activating group) is 1. The number of nitrogens with zero attached hydrogens (tertiary/aromatic N) is 3. The number of thiophene rings is 1. The molecule has 1 saturated heterocycles. The van der Waals surface area contributed by atoms with Crippen LogP contribution in [0.15, 0.2) is 41.8 Å². The maximum atomic E-state index is 12.7. The smallest absolute Gasteiger partial charge is 0.236 e. The van der Waals surface area contributed by atoms with Gasteiger partial charge in [0.2, 0.25) is 5.91 Å². The van der Waals surface area contributed by atoms with Gasteiger partial charge in [-0.15, -0.1) is 11.3 Å². The maximum Gasteiger partial charge on any atom is 0.236 e. The summed E-state index contributed by atoms with van der Waals surface area (Å²) < 4.78 is 0. The van der Waals surface area contributed by atoms with Gasteiger partial charge < -0.3 is 9.80 Å². The van der Waals surface area contributed by atoms with E-state index in [1.807, 2.05) is 26.0 Å². The van der Waals surface area contributed by atoms with E-state index in [0.717, 1.165) is 18.5 Å². The van der Waals surface area contributed by atoms with Crippen LogP contribution in [0.1, 0.15) is 29.3 Å². The van der Waals surface area contributed by atoms with Gasteiger partial charge in [-0.05, 0) is 48.5 Å². The molecule has 0 bridgehead atoms. The molecule has 1 aromatic heterocycles. The number of hydrogen-bond acceptors (Lipinski definition) is 4. The summed E-state index contributed by atoms with van der Waals surface area (Å²) >= 11 is 1.80. The van der Waals surface area contributed by atoms with Crippen LogP contribution in [0.2, 0.25) is 0 Å². The summed E-state index contributed by atoms with van der Waals surface area (Å²) in [6, 6.07) is 13.1. The molecule has 5 heteroatoms. The van der Waals surface area contributed by atoms with Gasteiger partial charge in [0.25, 0.3) is 0 Å². The number of likely N-dealkylation sites (tertiary alicyclic amines) is 1. The molecule has 3 rings (SSSR count). The first-order valence-electron chi connectivity index (χ1n) is 8.82. The van der Waals surface area contributed by atoms with Crippen LogP contribution >= 0.6 is 11.3 Å². The highest BCUT2D eigenvalue weighted by molar-refractivity contribution is 7.10. The van der Waals surface area contributed by atoms with Crippen LogP contribution in [0.5, 0.6) is 0 Å². The number of benzene rings is 1. The second-order valence-corrected chi connectivity index (χ2v) is 7.93. The number of hydrogen-bond donors (Lipinski definition) is 0. The fourth-order valence-corrected chi connectivity index (χ4v) is 4.27. The van der Waals surface area contributed by atoms with Gasteiger partial charge in [0, 0.05) is 44.3 Å². The highest BCUT2D eigenvalue weighted by atomic mass is 32.1. The van der Waals surface area contributed by atoms with E-state index in [1.54, 1.807) is 11.3 Å². The van der Waals surface area contributed by atoms with Gasteiger partial charge in [-0.1, -0.05) is 18.2 Å². The fraction of sp³-hybridized carbons (Fsp3) is 0.450. The van der Waals surface area contributed by atoms with Crippen molar-refractivity contribution >= 4 is 22.9 Å². The van der Waals surface area contributed by atoms with Crippen LogP contribution in [0.4, 0.5) is 5.69 Å². The fourth-order valence-electron chi connectivity index (χ4n) is 3.37. The second kappa shape index (κ2) is 8.02. The van der Waals surface area contributed by atoms with Crippen molar-refractivity contribution < 1.29 is 4.79 Å². The molecule has 0 N–H and O–H groups in total. The van der Waals surface area contributed by atoms with Gasteiger partial charge in [-0.3, -0.25) is 9.69 Å². The SMILES string of the molecule is CN(Cc1ccc(N(C)C)cc1)C(=O)CN1CCC[C@H]1c1cccs1. The summed E-state index contributed by atoms with van der Waals surface area (Å²) in [5, 5.41) is 2.12. The zero-order valence-electron chi connectivity index (χ0n) is 15.3. The average Bonchev–Trinajstić information content (AvgIpc) is 3.26. The molecule has 1 amide bonds. The van der Waals surface area contributed by atoms with Crippen molar-refractivity contribution in [1.82, 2.24) is 9.80 Å². The minimum Gasteiger partial charge on any atom is -0.378 e. The molecule has 134 valence electrons. The van der Waals surface area contributed by atoms with Crippen LogP contribution in [0.25, 0.3) is 0 Å². The molecule has 0 spiro atoms. The van der Waals surface area contributed by atoms with Crippen molar-refractivity contribution in [1.29, 1.82) is 0 Å². The molecule has 1 aliphatic rings. The van der Waals surface area contributed by atoms with Crippen molar-refractivity contribution in [2.24, 2.45) is 0 Å². The molecule has 2 aromatic rings. The van der Waals surface area contributed by atoms with E-state index in [0.29, 0.717) is 19.1 Å². The molecule has 1 atom stereocenters. The van der Waals surface area contributed by atoms with Crippen molar-refractivity contribution in [3.05, 3.63) is 52.2 Å². The normalized spacial score (nSPS) is 17.6. The molecule has 2 heterocycles. The Morgan fingerprint density at radius 1 is 1.20 bits per heavy atom. The van der Waals surface area contributed by atoms with Crippen LogP contribution in [0, 0.1) is 0 Å². The predicted octanol–water partition coefficient (Wildman–Crippen LogP) is 3.61. The highest BCUT2D eigenvalue weighted by Crippen LogP contribution is 2.34. The standard InChI is InChI=1S/C20H27N3OS/c1-21(2)17-10-8-16(9-11-17)14-22(3)20(24)15-23-12-4-6-18(23)19-7-5-13-25-19/h5,7-11,13,18H,4,6,12,14-15H2,1-3H3/t18-/m0/s1. The lowest BCUT2D eigenvalue weighted by Gasteiger charge is -2.26. The summed E-state index contributed by atoms with van der Waals surface area (Å²) in [7, 11) is 5.97. The van der Waals surface area contributed by atoms with E-state index < -0.39 is 0 Å². The lowest BCUT2D eigenvalue weighted by molar-refractivity contribution is -0.131. The van der Waals surface area contributed by atoms with Gasteiger partial charge in [0.05, 0.1) is 6.54 Å². The van der Waals surface area contributed by atoms with Gasteiger partial charge in [0.1, 0.15) is 0 Å². The number of anilines is 1. The van der Waals surface area contributed by atoms with Gasteiger partial charge in [-0.25, -0.2) is 0 Å². The summed E-state index contributed by atoms with van der Waals surface area (Å²) in [6.07, 6.45) is 2.33. The molecule has 25 heavy (non-hydrogen) atoms. The van der Waals surface area contributed by atoms with Gasteiger partial charge in [0.15, 0.2) is 0 Å². The maximum absolute atomic E-state index is 12.7. The zero-order chi connectivity index (χ0) is 17.8. The number of carbonyl (C=O) groups is 1. The minimum atomic E-state index is 0.195. The Bertz CT molecular complexity index is 681. The number of amides is 1. The summed E-state index contributed by atoms with van der Waals surface area (Å²) in [5.74, 6) is 0.195. The molecule has 0 radical (unpaired) electrons. The number of carbonyl (C=O) groups excluding carboxylic acids is 1. The average molecular weight is 358 g/mol. The van der Waals surface area contributed by atoms with Crippen molar-refractivity contribution in [2.75, 3.05) is 39.1 Å². The monoisotopic (exact) mass is 357 g/mol. The third-order valence-electron chi connectivity index (χ3n) is 4.87. The number of rotatable bonds is 6. The summed E-state index contributed by atoms with van der Waals surface area (Å²) in [6.45, 7) is 2.18. The molecule has 1 fully saturated rings. The molecule has 4 nitrogen and oxygen atoms in total. The lowest BCUT2D eigenvalue weighted by Crippen LogP contribution is -2.37. The van der Waals surface area contributed by atoms with Crippen molar-refractivity contribution in [3.8, 4) is 0 Å². The van der Waals surface area contributed by atoms with E-state index in [-0.39, 0.29) is 5.91 Å². The first kappa shape index (κ1) is 18.0. The Morgan fingerprint density at radius 3 is 2.60 bits per heavy atom. The van der Waals surface area contributed by atoms with E-state index in [4.69, 9.17) is 0 Å². The van der Waals surface area contributed by atoms with E-state index in [2.05, 4.69) is 51.6 Å². The van der Waals surface area contributed by atoms with Crippen LogP contribution in [-0.2, 0) is 11.3 Å². The molecule has 0 saturated carbocycles. The van der Waals surface area contributed by atoms with E-state index >= 15 is 0 Å². The lowest BCUT2D eigenvalue weighted by atomic mass is 10.2. The Balaban J connectivity index is 1.57. The predicted molar refractivity (Wildman–Crippen MR) is 105 cm³/mol. The Kier molecular flexibility index (Phi) is 5.76. The first-order chi connectivity index (χ1) is 12.0. The largest absolute Gasteiger partial charge is 0.378 e. The van der Waals surface area contributed by atoms with E-state index in [1.165, 1.54) is 17.0 Å². The van der Waals surface area contributed by atoms with Gasteiger partial charge in [-0.2, -0.15) is 0 Å². The molecule has 0 aliphatic carbocycles. The second-order valence-electron chi connectivity index (χ2n) is 6.95. The zero-order valence-corrected chi connectivity index (χ0v) is 16.1. The van der Waals surface area contributed by atoms with Crippen LogP contribution in [-0.4, -0.2) is 49.9 Å². The van der Waals surface area contributed by atoms with Crippen LogP contribution in [0.3, 0.4) is 0 Å². The minimum absolute atomic E-state index is 0.195. The molecule has 1 aliphatic heterocycles. The Hall–Kier alpha value is -1.85. The third kappa shape index (κ3) is 4.41. The Morgan fingerprint density at radius 2 is 1.96 bits per heavy atom. The summed E-state index contributed by atoms with van der Waals surface area (Å²) in [4.78, 5) is 20.3. The van der Waals surface area contributed by atoms with Gasteiger partial charge >= 0.3 is 0 Å². The van der Waals surface area contributed by atoms with Crippen LogP contribution < -0.4 is 4.90 Å². The molecule has 1 aromatic carbocycles. The Labute approximate surface area is 154 Å². The first-order valence-corrected chi connectivity index (χ1v) is 9.70. The topological polar surface area (TPSA) is 26.8 Å². The van der Waals surface area contributed by atoms with Crippen molar-refractivity contribution in [3.63, 3.8) is 0 Å². The highest BCUT2D eigenvalue weighted by Gasteiger charge is 2.28. The molecular weight excluding hydrogens is 330 g/mol. The molecule has 0 unspecified atom stereocenters. The van der Waals surface area contributed by atoms with Crippen molar-refractivity contribution in [2.45, 2.75) is 25.4 Å². The molecular formula is C20H27N3OS. The third-order valence-corrected chi connectivity index (χ3v) is 5.85. The quantitative estimate of drug-likeness (QED) is 0.790.